The van der Waals surface area contributed by atoms with Crippen LogP contribution >= 0.6 is 0 Å². The third-order valence-corrected chi connectivity index (χ3v) is 3.57. The molecule has 0 amide bonds. The summed E-state index contributed by atoms with van der Waals surface area (Å²) < 4.78 is 16.8. The molecule has 19 heavy (non-hydrogen) atoms. The van der Waals surface area contributed by atoms with Gasteiger partial charge in [-0.25, -0.2) is 0 Å². The SMILES string of the molecule is COCCOC1C(N)CC1Oc1c(C)cccc1C. The van der Waals surface area contributed by atoms with Crippen molar-refractivity contribution in [2.75, 3.05) is 20.3 Å². The molecule has 1 aromatic rings. The van der Waals surface area contributed by atoms with Crippen molar-refractivity contribution in [3.8, 4) is 5.75 Å². The fraction of sp³-hybridized carbons (Fsp3) is 0.600. The second kappa shape index (κ2) is 6.37. The number of hydrogen-bond donors (Lipinski definition) is 1. The summed E-state index contributed by atoms with van der Waals surface area (Å²) in [6, 6.07) is 6.21. The molecule has 1 fully saturated rings. The molecule has 0 saturated heterocycles. The van der Waals surface area contributed by atoms with Crippen molar-refractivity contribution in [2.24, 2.45) is 5.73 Å². The zero-order valence-corrected chi connectivity index (χ0v) is 11.9. The lowest BCUT2D eigenvalue weighted by Crippen LogP contribution is -2.59. The summed E-state index contributed by atoms with van der Waals surface area (Å²) >= 11 is 0. The quantitative estimate of drug-likeness (QED) is 0.797. The van der Waals surface area contributed by atoms with Crippen molar-refractivity contribution in [3.05, 3.63) is 29.3 Å². The zero-order chi connectivity index (χ0) is 13.8. The van der Waals surface area contributed by atoms with Crippen molar-refractivity contribution in [3.63, 3.8) is 0 Å². The minimum atomic E-state index is -0.0332. The smallest absolute Gasteiger partial charge is 0.128 e. The summed E-state index contributed by atoms with van der Waals surface area (Å²) in [6.07, 6.45) is 0.853. The Morgan fingerprint density at radius 3 is 2.47 bits per heavy atom. The first kappa shape index (κ1) is 14.3. The highest BCUT2D eigenvalue weighted by Crippen LogP contribution is 2.31. The molecular formula is C15H23NO3. The number of rotatable bonds is 6. The van der Waals surface area contributed by atoms with Crippen molar-refractivity contribution in [2.45, 2.75) is 38.5 Å². The number of ether oxygens (including phenoxy) is 3. The van der Waals surface area contributed by atoms with Crippen molar-refractivity contribution >= 4 is 0 Å². The lowest BCUT2D eigenvalue weighted by Gasteiger charge is -2.42. The Morgan fingerprint density at radius 2 is 1.89 bits per heavy atom. The molecule has 0 aromatic heterocycles. The number of benzene rings is 1. The van der Waals surface area contributed by atoms with Crippen LogP contribution < -0.4 is 10.5 Å². The third-order valence-electron chi connectivity index (χ3n) is 3.57. The van der Waals surface area contributed by atoms with E-state index in [-0.39, 0.29) is 18.2 Å². The molecule has 0 heterocycles. The summed E-state index contributed by atoms with van der Waals surface area (Å²) in [5.41, 5.74) is 8.28. The molecule has 4 nitrogen and oxygen atoms in total. The predicted molar refractivity (Wildman–Crippen MR) is 74.5 cm³/mol. The van der Waals surface area contributed by atoms with Crippen LogP contribution in [-0.2, 0) is 9.47 Å². The van der Waals surface area contributed by atoms with Crippen LogP contribution in [0.4, 0.5) is 0 Å². The van der Waals surface area contributed by atoms with Crippen LogP contribution in [0.1, 0.15) is 17.5 Å². The van der Waals surface area contributed by atoms with Crippen LogP contribution in [0.5, 0.6) is 5.75 Å². The van der Waals surface area contributed by atoms with Crippen LogP contribution in [0.15, 0.2) is 18.2 Å². The van der Waals surface area contributed by atoms with Gasteiger partial charge in [0.1, 0.15) is 18.0 Å². The van der Waals surface area contributed by atoms with Gasteiger partial charge in [-0.15, -0.1) is 0 Å². The number of aryl methyl sites for hydroxylation is 2. The molecular weight excluding hydrogens is 242 g/mol. The first-order valence-corrected chi connectivity index (χ1v) is 6.72. The molecule has 0 spiro atoms. The summed E-state index contributed by atoms with van der Waals surface area (Å²) in [7, 11) is 1.66. The molecule has 3 unspecified atom stereocenters. The predicted octanol–water partition coefficient (Wildman–Crippen LogP) is 1.81. The van der Waals surface area contributed by atoms with Gasteiger partial charge in [0.05, 0.1) is 13.2 Å². The Kier molecular flexibility index (Phi) is 4.80. The van der Waals surface area contributed by atoms with E-state index in [1.807, 2.05) is 6.07 Å². The van der Waals surface area contributed by atoms with E-state index in [0.29, 0.717) is 13.2 Å². The summed E-state index contributed by atoms with van der Waals surface area (Å²) in [5, 5.41) is 0. The van der Waals surface area contributed by atoms with E-state index >= 15 is 0 Å². The largest absolute Gasteiger partial charge is 0.487 e. The van der Waals surface area contributed by atoms with E-state index in [0.717, 1.165) is 23.3 Å². The van der Waals surface area contributed by atoms with Crippen molar-refractivity contribution in [1.29, 1.82) is 0 Å². The topological polar surface area (TPSA) is 53.7 Å². The average Bonchev–Trinajstić information content (AvgIpc) is 2.37. The Bertz CT molecular complexity index is 402. The highest BCUT2D eigenvalue weighted by Gasteiger charge is 2.41. The van der Waals surface area contributed by atoms with Crippen LogP contribution in [-0.4, -0.2) is 38.6 Å². The number of hydrogen-bond acceptors (Lipinski definition) is 4. The summed E-state index contributed by atoms with van der Waals surface area (Å²) in [6.45, 7) is 5.25. The summed E-state index contributed by atoms with van der Waals surface area (Å²) in [4.78, 5) is 0. The molecule has 1 aliphatic rings. The van der Waals surface area contributed by atoms with Gasteiger partial charge in [0, 0.05) is 19.6 Å². The van der Waals surface area contributed by atoms with Crippen LogP contribution in [0, 0.1) is 13.8 Å². The normalized spacial score (nSPS) is 26.0. The van der Waals surface area contributed by atoms with Gasteiger partial charge in [0.25, 0.3) is 0 Å². The van der Waals surface area contributed by atoms with Crippen LogP contribution in [0.3, 0.4) is 0 Å². The van der Waals surface area contributed by atoms with Crippen molar-refractivity contribution < 1.29 is 14.2 Å². The highest BCUT2D eigenvalue weighted by molar-refractivity contribution is 5.40. The highest BCUT2D eigenvalue weighted by atomic mass is 16.6. The lowest BCUT2D eigenvalue weighted by atomic mass is 9.86. The van der Waals surface area contributed by atoms with Crippen LogP contribution in [0.25, 0.3) is 0 Å². The Labute approximate surface area is 114 Å². The number of para-hydroxylation sites is 1. The zero-order valence-electron chi connectivity index (χ0n) is 11.9. The molecule has 2 N–H and O–H groups in total. The van der Waals surface area contributed by atoms with E-state index in [1.54, 1.807) is 7.11 Å². The fourth-order valence-electron chi connectivity index (χ4n) is 2.37. The van der Waals surface area contributed by atoms with Crippen molar-refractivity contribution in [1.82, 2.24) is 0 Å². The first-order valence-electron chi connectivity index (χ1n) is 6.72. The lowest BCUT2D eigenvalue weighted by molar-refractivity contribution is -0.107. The summed E-state index contributed by atoms with van der Waals surface area (Å²) in [5.74, 6) is 0.958. The van der Waals surface area contributed by atoms with Gasteiger partial charge in [0.15, 0.2) is 0 Å². The van der Waals surface area contributed by atoms with E-state index in [4.69, 9.17) is 19.9 Å². The maximum atomic E-state index is 6.08. The van der Waals surface area contributed by atoms with E-state index < -0.39 is 0 Å². The fourth-order valence-corrected chi connectivity index (χ4v) is 2.37. The molecule has 0 bridgehead atoms. The molecule has 3 atom stereocenters. The van der Waals surface area contributed by atoms with Gasteiger partial charge in [-0.2, -0.15) is 0 Å². The van der Waals surface area contributed by atoms with E-state index in [1.165, 1.54) is 0 Å². The molecule has 0 radical (unpaired) electrons. The molecule has 106 valence electrons. The molecule has 2 rings (SSSR count). The third kappa shape index (κ3) is 3.26. The molecule has 1 aromatic carbocycles. The minimum absolute atomic E-state index is 0.0332. The second-order valence-electron chi connectivity index (χ2n) is 5.10. The van der Waals surface area contributed by atoms with Gasteiger partial charge in [0.2, 0.25) is 0 Å². The van der Waals surface area contributed by atoms with Crippen LogP contribution in [0.2, 0.25) is 0 Å². The molecule has 1 aliphatic carbocycles. The second-order valence-corrected chi connectivity index (χ2v) is 5.10. The Hall–Kier alpha value is -1.10. The Morgan fingerprint density at radius 1 is 1.21 bits per heavy atom. The van der Waals surface area contributed by atoms with Gasteiger partial charge < -0.3 is 19.9 Å². The van der Waals surface area contributed by atoms with Gasteiger partial charge in [-0.1, -0.05) is 18.2 Å². The monoisotopic (exact) mass is 265 g/mol. The average molecular weight is 265 g/mol. The minimum Gasteiger partial charge on any atom is -0.487 e. The Balaban J connectivity index is 1.95. The maximum absolute atomic E-state index is 6.08. The van der Waals surface area contributed by atoms with Gasteiger partial charge in [-0.05, 0) is 25.0 Å². The van der Waals surface area contributed by atoms with Gasteiger partial charge in [-0.3, -0.25) is 0 Å². The first-order chi connectivity index (χ1) is 9.13. The molecule has 0 aliphatic heterocycles. The van der Waals surface area contributed by atoms with E-state index in [9.17, 15) is 0 Å². The van der Waals surface area contributed by atoms with Gasteiger partial charge >= 0.3 is 0 Å². The molecule has 4 heteroatoms. The van der Waals surface area contributed by atoms with E-state index in [2.05, 4.69) is 26.0 Å². The molecule has 1 saturated carbocycles. The number of nitrogens with two attached hydrogens (primary N) is 1. The standard InChI is InChI=1S/C15H23NO3/c1-10-5-4-6-11(2)14(10)19-13-9-12(16)15(13)18-8-7-17-3/h4-6,12-13,15H,7-9,16H2,1-3H3. The maximum Gasteiger partial charge on any atom is 0.128 e. The number of methoxy groups -OCH3 is 1.